The first-order valence-corrected chi connectivity index (χ1v) is 6.81. The second-order valence-electron chi connectivity index (χ2n) is 4.74. The van der Waals surface area contributed by atoms with Gasteiger partial charge in [0.15, 0.2) is 12.8 Å². The van der Waals surface area contributed by atoms with E-state index in [1.807, 2.05) is 13.0 Å². The predicted molar refractivity (Wildman–Crippen MR) is 82.0 cm³/mol. The monoisotopic (exact) mass is 316 g/mol. The van der Waals surface area contributed by atoms with Gasteiger partial charge in [0.05, 0.1) is 12.8 Å². The van der Waals surface area contributed by atoms with Crippen LogP contribution in [0.1, 0.15) is 16.1 Å². The number of anilines is 1. The van der Waals surface area contributed by atoms with E-state index in [2.05, 4.69) is 5.32 Å². The van der Waals surface area contributed by atoms with Crippen molar-refractivity contribution in [3.63, 3.8) is 0 Å². The van der Waals surface area contributed by atoms with Crippen molar-refractivity contribution < 1.29 is 23.8 Å². The molecule has 0 fully saturated rings. The highest BCUT2D eigenvalue weighted by Crippen LogP contribution is 2.24. The van der Waals surface area contributed by atoms with Crippen LogP contribution in [-0.4, -0.2) is 25.6 Å². The maximum atomic E-state index is 11.9. The number of pyridine rings is 1. The van der Waals surface area contributed by atoms with E-state index >= 15 is 0 Å². The van der Waals surface area contributed by atoms with E-state index in [4.69, 9.17) is 9.47 Å². The highest BCUT2D eigenvalue weighted by Gasteiger charge is 2.18. The maximum absolute atomic E-state index is 11.9. The topological polar surface area (TPSA) is 91.6 Å². The predicted octanol–water partition coefficient (Wildman–Crippen LogP) is 1.43. The second-order valence-corrected chi connectivity index (χ2v) is 4.74. The standard InChI is InChI=1S/C16H16N2O5/c1-11-6-7-14(22-2)12(9-11)17-15(19)10-23-16(20)13-5-3-4-8-18(13)21/h3-9H,10H2,1-2H3,(H,17,19). The molecule has 2 rings (SSSR count). The van der Waals surface area contributed by atoms with E-state index in [0.29, 0.717) is 16.2 Å². The smallest absolute Gasteiger partial charge is 0.405 e. The number of carbonyl (C=O) groups excluding carboxylic acids is 2. The van der Waals surface area contributed by atoms with Crippen molar-refractivity contribution in [2.45, 2.75) is 6.92 Å². The van der Waals surface area contributed by atoms with E-state index < -0.39 is 18.5 Å². The van der Waals surface area contributed by atoms with Crippen LogP contribution in [0, 0.1) is 12.1 Å². The Hall–Kier alpha value is -3.09. The fourth-order valence-corrected chi connectivity index (χ4v) is 1.90. The summed E-state index contributed by atoms with van der Waals surface area (Å²) in [4.78, 5) is 23.6. The second kappa shape index (κ2) is 7.26. The van der Waals surface area contributed by atoms with Crippen LogP contribution >= 0.6 is 0 Å². The van der Waals surface area contributed by atoms with Crippen molar-refractivity contribution in [2.24, 2.45) is 0 Å². The first kappa shape index (κ1) is 16.3. The zero-order valence-corrected chi connectivity index (χ0v) is 12.7. The van der Waals surface area contributed by atoms with Gasteiger partial charge in [0.25, 0.3) is 5.91 Å². The molecular weight excluding hydrogens is 300 g/mol. The number of nitrogens with zero attached hydrogens (tertiary/aromatic N) is 1. The lowest BCUT2D eigenvalue weighted by atomic mass is 10.2. The van der Waals surface area contributed by atoms with Crippen molar-refractivity contribution in [2.75, 3.05) is 19.0 Å². The third-order valence-electron chi connectivity index (χ3n) is 3.00. The fourth-order valence-electron chi connectivity index (χ4n) is 1.90. The summed E-state index contributed by atoms with van der Waals surface area (Å²) in [5.41, 5.74) is 1.23. The van der Waals surface area contributed by atoms with Crippen molar-refractivity contribution in [3.05, 3.63) is 59.1 Å². The van der Waals surface area contributed by atoms with Crippen LogP contribution in [-0.2, 0) is 9.53 Å². The zero-order chi connectivity index (χ0) is 16.8. The Morgan fingerprint density at radius 1 is 1.26 bits per heavy atom. The Morgan fingerprint density at radius 3 is 2.74 bits per heavy atom. The number of ether oxygens (including phenoxy) is 2. The Morgan fingerprint density at radius 2 is 2.04 bits per heavy atom. The van der Waals surface area contributed by atoms with E-state index in [1.165, 1.54) is 31.5 Å². The van der Waals surface area contributed by atoms with E-state index in [9.17, 15) is 14.8 Å². The van der Waals surface area contributed by atoms with Gasteiger partial charge in [0.1, 0.15) is 5.75 Å². The molecule has 2 aromatic rings. The minimum atomic E-state index is -0.869. The molecule has 0 saturated carbocycles. The zero-order valence-electron chi connectivity index (χ0n) is 12.7. The highest BCUT2D eigenvalue weighted by atomic mass is 16.5. The molecule has 0 aliphatic carbocycles. The normalized spacial score (nSPS) is 10.0. The molecule has 1 aromatic carbocycles. The van der Waals surface area contributed by atoms with Crippen LogP contribution in [0.15, 0.2) is 42.6 Å². The fraction of sp³-hybridized carbons (Fsp3) is 0.188. The molecule has 1 aromatic heterocycles. The number of amides is 1. The number of esters is 1. The van der Waals surface area contributed by atoms with Gasteiger partial charge < -0.3 is 20.0 Å². The quantitative estimate of drug-likeness (QED) is 0.512. The molecule has 1 heterocycles. The summed E-state index contributed by atoms with van der Waals surface area (Å²) in [6.07, 6.45) is 1.17. The van der Waals surface area contributed by atoms with Crippen molar-refractivity contribution in [3.8, 4) is 5.75 Å². The molecule has 0 aliphatic rings. The molecule has 0 radical (unpaired) electrons. The molecule has 7 nitrogen and oxygen atoms in total. The van der Waals surface area contributed by atoms with Crippen molar-refractivity contribution in [1.29, 1.82) is 0 Å². The molecule has 120 valence electrons. The number of methoxy groups -OCH3 is 1. The lowest BCUT2D eigenvalue weighted by Crippen LogP contribution is -2.35. The Balaban J connectivity index is 1.97. The molecule has 23 heavy (non-hydrogen) atoms. The average molecular weight is 316 g/mol. The molecule has 0 bridgehead atoms. The molecule has 0 saturated heterocycles. The number of carbonyl (C=O) groups is 2. The van der Waals surface area contributed by atoms with Gasteiger partial charge in [-0.2, -0.15) is 4.73 Å². The van der Waals surface area contributed by atoms with Gasteiger partial charge in [0, 0.05) is 12.1 Å². The van der Waals surface area contributed by atoms with Crippen LogP contribution in [0.2, 0.25) is 0 Å². The summed E-state index contributed by atoms with van der Waals surface area (Å²) >= 11 is 0. The molecular formula is C16H16N2O5. The van der Waals surface area contributed by atoms with Crippen LogP contribution in [0.3, 0.4) is 0 Å². The Kier molecular flexibility index (Phi) is 5.14. The van der Waals surface area contributed by atoms with Gasteiger partial charge in [-0.1, -0.05) is 6.07 Å². The number of nitrogens with one attached hydrogen (secondary N) is 1. The van der Waals surface area contributed by atoms with Crippen molar-refractivity contribution in [1.82, 2.24) is 0 Å². The number of hydrogen-bond donors (Lipinski definition) is 1. The number of aromatic nitrogens is 1. The molecule has 1 amide bonds. The molecule has 0 unspecified atom stereocenters. The van der Waals surface area contributed by atoms with Gasteiger partial charge in [0.2, 0.25) is 0 Å². The lowest BCUT2D eigenvalue weighted by molar-refractivity contribution is -0.608. The lowest BCUT2D eigenvalue weighted by Gasteiger charge is -2.11. The molecule has 0 aliphatic heterocycles. The summed E-state index contributed by atoms with van der Waals surface area (Å²) in [6.45, 7) is 1.36. The maximum Gasteiger partial charge on any atom is 0.405 e. The minimum absolute atomic E-state index is 0.187. The molecule has 0 atom stereocenters. The van der Waals surface area contributed by atoms with Crippen LogP contribution < -0.4 is 14.8 Å². The number of hydrogen-bond acceptors (Lipinski definition) is 5. The minimum Gasteiger partial charge on any atom is -0.618 e. The summed E-state index contributed by atoms with van der Waals surface area (Å²) < 4.78 is 10.4. The number of benzene rings is 1. The van der Waals surface area contributed by atoms with Crippen LogP contribution in [0.5, 0.6) is 5.75 Å². The first-order chi connectivity index (χ1) is 11.0. The summed E-state index contributed by atoms with van der Waals surface area (Å²) in [5, 5.41) is 14.0. The van der Waals surface area contributed by atoms with Crippen LogP contribution in [0.25, 0.3) is 0 Å². The molecule has 0 spiro atoms. The van der Waals surface area contributed by atoms with Gasteiger partial charge in [-0.15, -0.1) is 0 Å². The number of rotatable bonds is 5. The third-order valence-corrected chi connectivity index (χ3v) is 3.00. The molecule has 1 N–H and O–H groups in total. The van der Waals surface area contributed by atoms with Gasteiger partial charge in [-0.05, 0) is 30.7 Å². The Bertz CT molecular complexity index is 730. The largest absolute Gasteiger partial charge is 0.618 e. The van der Waals surface area contributed by atoms with Crippen molar-refractivity contribution >= 4 is 17.6 Å². The molecule has 7 heteroatoms. The highest BCUT2D eigenvalue weighted by molar-refractivity contribution is 5.95. The van der Waals surface area contributed by atoms with Gasteiger partial charge in [-0.3, -0.25) is 4.79 Å². The van der Waals surface area contributed by atoms with Gasteiger partial charge in [-0.25, -0.2) is 4.79 Å². The Labute approximate surface area is 133 Å². The van der Waals surface area contributed by atoms with Gasteiger partial charge >= 0.3 is 11.7 Å². The summed E-state index contributed by atoms with van der Waals surface area (Å²) in [5.74, 6) is -0.904. The SMILES string of the molecule is COc1ccc(C)cc1NC(=O)COC(=O)c1cccc[n+]1[O-]. The summed E-state index contributed by atoms with van der Waals surface area (Å²) in [7, 11) is 1.49. The third kappa shape index (κ3) is 4.19. The van der Waals surface area contributed by atoms with E-state index in [-0.39, 0.29) is 5.69 Å². The van der Waals surface area contributed by atoms with E-state index in [1.54, 1.807) is 12.1 Å². The average Bonchev–Trinajstić information content (AvgIpc) is 2.53. The summed E-state index contributed by atoms with van der Waals surface area (Å²) in [6, 6.07) is 9.64. The van der Waals surface area contributed by atoms with Crippen LogP contribution in [0.4, 0.5) is 5.69 Å². The number of aryl methyl sites for hydroxylation is 1. The van der Waals surface area contributed by atoms with E-state index in [0.717, 1.165) is 5.56 Å². The first-order valence-electron chi connectivity index (χ1n) is 6.81.